The smallest absolute Gasteiger partial charge is 0.258 e. The number of amides is 1. The molecule has 3 aromatic carbocycles. The maximum atomic E-state index is 13.2. The van der Waals surface area contributed by atoms with Crippen molar-refractivity contribution in [1.29, 1.82) is 0 Å². The van der Waals surface area contributed by atoms with Crippen LogP contribution in [0.1, 0.15) is 17.0 Å². The third kappa shape index (κ3) is 4.92. The molecular formula is C26H23N3O3. The van der Waals surface area contributed by atoms with Crippen LogP contribution >= 0.6 is 0 Å². The standard InChI is InChI=1S/C26H23N3O3/c1-32-23-14-8-5-11-20(23)17-29(25(30)16-15-19-9-3-2-4-10-19)18-24-27-22-13-7-6-12-21(22)26(31)28-24/h2-16H,17-18H2,1H3,(H,27,28,31). The summed E-state index contributed by atoms with van der Waals surface area (Å²) in [7, 11) is 1.60. The van der Waals surface area contributed by atoms with Crippen LogP contribution in [0.15, 0.2) is 89.7 Å². The van der Waals surface area contributed by atoms with Gasteiger partial charge in [0, 0.05) is 11.6 Å². The second-order valence-electron chi connectivity index (χ2n) is 7.28. The molecule has 0 unspecified atom stereocenters. The zero-order valence-corrected chi connectivity index (χ0v) is 17.7. The first-order chi connectivity index (χ1) is 15.6. The van der Waals surface area contributed by atoms with Crippen LogP contribution in [0, 0.1) is 0 Å². The first-order valence-corrected chi connectivity index (χ1v) is 10.3. The highest BCUT2D eigenvalue weighted by molar-refractivity contribution is 5.91. The summed E-state index contributed by atoms with van der Waals surface area (Å²) >= 11 is 0. The van der Waals surface area contributed by atoms with Crippen LogP contribution in [-0.4, -0.2) is 27.9 Å². The summed E-state index contributed by atoms with van der Waals surface area (Å²) < 4.78 is 5.45. The monoisotopic (exact) mass is 425 g/mol. The molecule has 6 nitrogen and oxygen atoms in total. The average Bonchev–Trinajstić information content (AvgIpc) is 2.83. The highest BCUT2D eigenvalue weighted by atomic mass is 16.5. The van der Waals surface area contributed by atoms with Crippen LogP contribution in [-0.2, 0) is 17.9 Å². The van der Waals surface area contributed by atoms with Crippen molar-refractivity contribution in [1.82, 2.24) is 14.9 Å². The van der Waals surface area contributed by atoms with E-state index >= 15 is 0 Å². The van der Waals surface area contributed by atoms with Crippen molar-refractivity contribution in [3.05, 3.63) is 112 Å². The molecule has 0 radical (unpaired) electrons. The number of fused-ring (bicyclic) bond motifs is 1. The Morgan fingerprint density at radius 2 is 1.69 bits per heavy atom. The van der Waals surface area contributed by atoms with Gasteiger partial charge in [0.15, 0.2) is 0 Å². The Labute approximate surface area is 185 Å². The molecule has 0 saturated heterocycles. The van der Waals surface area contributed by atoms with Crippen molar-refractivity contribution >= 4 is 22.9 Å². The summed E-state index contributed by atoms with van der Waals surface area (Å²) in [4.78, 5) is 34.6. The largest absolute Gasteiger partial charge is 0.496 e. The lowest BCUT2D eigenvalue weighted by Gasteiger charge is -2.22. The van der Waals surface area contributed by atoms with Crippen molar-refractivity contribution in [2.45, 2.75) is 13.1 Å². The fourth-order valence-corrected chi connectivity index (χ4v) is 3.48. The van der Waals surface area contributed by atoms with Gasteiger partial charge in [-0.2, -0.15) is 0 Å². The minimum Gasteiger partial charge on any atom is -0.496 e. The van der Waals surface area contributed by atoms with Crippen LogP contribution in [0.4, 0.5) is 0 Å². The number of hydrogen-bond donors (Lipinski definition) is 1. The van der Waals surface area contributed by atoms with Crippen molar-refractivity contribution in [3.63, 3.8) is 0 Å². The molecule has 0 aliphatic rings. The fourth-order valence-electron chi connectivity index (χ4n) is 3.48. The van der Waals surface area contributed by atoms with E-state index in [0.717, 1.165) is 11.1 Å². The van der Waals surface area contributed by atoms with Gasteiger partial charge in [-0.1, -0.05) is 60.7 Å². The number of nitrogens with one attached hydrogen (secondary N) is 1. The Balaban J connectivity index is 1.66. The number of methoxy groups -OCH3 is 1. The number of aromatic nitrogens is 2. The third-order valence-corrected chi connectivity index (χ3v) is 5.09. The second kappa shape index (κ2) is 9.75. The molecule has 0 bridgehead atoms. The molecule has 160 valence electrons. The molecule has 0 spiro atoms. The van der Waals surface area contributed by atoms with E-state index in [1.807, 2.05) is 60.7 Å². The molecule has 1 aromatic heterocycles. The van der Waals surface area contributed by atoms with E-state index in [2.05, 4.69) is 9.97 Å². The van der Waals surface area contributed by atoms with Crippen LogP contribution in [0.25, 0.3) is 17.0 Å². The SMILES string of the molecule is COc1ccccc1CN(Cc1nc2ccccc2c(=O)[nH]1)C(=O)C=Cc1ccccc1. The fraction of sp³-hybridized carbons (Fsp3) is 0.115. The van der Waals surface area contributed by atoms with Crippen LogP contribution in [0.3, 0.4) is 0 Å². The number of rotatable bonds is 7. The lowest BCUT2D eigenvalue weighted by Crippen LogP contribution is -2.30. The predicted molar refractivity (Wildman–Crippen MR) is 125 cm³/mol. The van der Waals surface area contributed by atoms with Gasteiger partial charge in [-0.25, -0.2) is 4.98 Å². The van der Waals surface area contributed by atoms with E-state index in [1.54, 1.807) is 36.3 Å². The second-order valence-corrected chi connectivity index (χ2v) is 7.28. The number of carbonyl (C=O) groups is 1. The topological polar surface area (TPSA) is 75.3 Å². The molecule has 0 saturated carbocycles. The highest BCUT2D eigenvalue weighted by Crippen LogP contribution is 2.20. The lowest BCUT2D eigenvalue weighted by molar-refractivity contribution is -0.127. The predicted octanol–water partition coefficient (Wildman–Crippen LogP) is 4.17. The van der Waals surface area contributed by atoms with Gasteiger partial charge in [-0.15, -0.1) is 0 Å². The molecule has 4 aromatic rings. The number of para-hydroxylation sites is 2. The summed E-state index contributed by atoms with van der Waals surface area (Å²) in [5, 5.41) is 0.517. The molecular weight excluding hydrogens is 402 g/mol. The summed E-state index contributed by atoms with van der Waals surface area (Å²) in [6, 6.07) is 24.3. The van der Waals surface area contributed by atoms with Gasteiger partial charge < -0.3 is 14.6 Å². The van der Waals surface area contributed by atoms with Crippen LogP contribution in [0.5, 0.6) is 5.75 Å². The van der Waals surface area contributed by atoms with E-state index in [9.17, 15) is 9.59 Å². The van der Waals surface area contributed by atoms with Crippen molar-refractivity contribution in [2.24, 2.45) is 0 Å². The molecule has 1 heterocycles. The Hall–Kier alpha value is -4.19. The first kappa shape index (κ1) is 21.1. The van der Waals surface area contributed by atoms with Gasteiger partial charge in [0.2, 0.25) is 5.91 Å². The summed E-state index contributed by atoms with van der Waals surface area (Å²) in [6.07, 6.45) is 3.30. The number of carbonyl (C=O) groups excluding carboxylic acids is 1. The van der Waals surface area contributed by atoms with E-state index < -0.39 is 0 Å². The number of hydrogen-bond acceptors (Lipinski definition) is 4. The van der Waals surface area contributed by atoms with Crippen LogP contribution in [0.2, 0.25) is 0 Å². The maximum Gasteiger partial charge on any atom is 0.258 e. The van der Waals surface area contributed by atoms with E-state index in [-0.39, 0.29) is 18.0 Å². The van der Waals surface area contributed by atoms with Crippen molar-refractivity contribution < 1.29 is 9.53 Å². The summed E-state index contributed by atoms with van der Waals surface area (Å²) in [5.74, 6) is 0.915. The van der Waals surface area contributed by atoms with Crippen molar-refractivity contribution in [3.8, 4) is 5.75 Å². The molecule has 0 atom stereocenters. The van der Waals surface area contributed by atoms with E-state index in [4.69, 9.17) is 4.74 Å². The number of nitrogens with zero attached hydrogens (tertiary/aromatic N) is 2. The molecule has 1 N–H and O–H groups in total. The van der Waals surface area contributed by atoms with Gasteiger partial charge in [0.25, 0.3) is 5.56 Å². The van der Waals surface area contributed by atoms with Gasteiger partial charge in [0.1, 0.15) is 11.6 Å². The number of ether oxygens (including phenoxy) is 1. The minimum atomic E-state index is -0.227. The zero-order chi connectivity index (χ0) is 22.3. The van der Waals surface area contributed by atoms with Crippen molar-refractivity contribution in [2.75, 3.05) is 7.11 Å². The summed E-state index contributed by atoms with van der Waals surface area (Å²) in [5.41, 5.74) is 2.15. The minimum absolute atomic E-state index is 0.149. The quantitative estimate of drug-likeness (QED) is 0.451. The number of aromatic amines is 1. The van der Waals surface area contributed by atoms with Crippen LogP contribution < -0.4 is 10.3 Å². The molecule has 0 aliphatic heterocycles. The van der Waals surface area contributed by atoms with Gasteiger partial charge in [-0.3, -0.25) is 9.59 Å². The molecule has 0 aliphatic carbocycles. The maximum absolute atomic E-state index is 13.2. The third-order valence-electron chi connectivity index (χ3n) is 5.09. The van der Waals surface area contributed by atoms with Gasteiger partial charge in [-0.05, 0) is 29.8 Å². The summed E-state index contributed by atoms with van der Waals surface area (Å²) in [6.45, 7) is 0.453. The highest BCUT2D eigenvalue weighted by Gasteiger charge is 2.16. The number of H-pyrrole nitrogens is 1. The average molecular weight is 425 g/mol. The molecule has 6 heteroatoms. The Morgan fingerprint density at radius 3 is 2.50 bits per heavy atom. The van der Waals surface area contributed by atoms with E-state index in [0.29, 0.717) is 29.0 Å². The van der Waals surface area contributed by atoms with Gasteiger partial charge >= 0.3 is 0 Å². The molecule has 1 amide bonds. The van der Waals surface area contributed by atoms with Gasteiger partial charge in [0.05, 0.1) is 31.1 Å². The molecule has 32 heavy (non-hydrogen) atoms. The normalized spacial score (nSPS) is 11.0. The first-order valence-electron chi connectivity index (χ1n) is 10.3. The molecule has 4 rings (SSSR count). The number of benzene rings is 3. The van der Waals surface area contributed by atoms with E-state index in [1.165, 1.54) is 6.08 Å². The molecule has 0 fully saturated rings. The zero-order valence-electron chi connectivity index (χ0n) is 17.7. The Kier molecular flexibility index (Phi) is 6.41. The lowest BCUT2D eigenvalue weighted by atomic mass is 10.1. The Morgan fingerprint density at radius 1 is 0.969 bits per heavy atom. The Bertz CT molecular complexity index is 1310.